The lowest BCUT2D eigenvalue weighted by Crippen LogP contribution is -2.29. The lowest BCUT2D eigenvalue weighted by atomic mass is 10.2. The van der Waals surface area contributed by atoms with Gasteiger partial charge in [0.25, 0.3) is 0 Å². The highest BCUT2D eigenvalue weighted by Crippen LogP contribution is 2.02. The van der Waals surface area contributed by atoms with Gasteiger partial charge in [-0.1, -0.05) is 13.8 Å². The Morgan fingerprint density at radius 2 is 2.14 bits per heavy atom. The van der Waals surface area contributed by atoms with E-state index in [-0.39, 0.29) is 12.5 Å². The average molecular weight is 221 g/mol. The van der Waals surface area contributed by atoms with Crippen molar-refractivity contribution in [3.05, 3.63) is 0 Å². The van der Waals surface area contributed by atoms with Crippen molar-refractivity contribution in [3.8, 4) is 0 Å². The van der Waals surface area contributed by atoms with E-state index in [1.807, 2.05) is 13.8 Å². The normalized spacial score (nSPS) is 12.9. The molecule has 3 N–H and O–H groups in total. The average Bonchev–Trinajstić information content (AvgIpc) is 2.14. The molecule has 0 rings (SSSR count). The van der Waals surface area contributed by atoms with Gasteiger partial charge in [0, 0.05) is 12.3 Å². The van der Waals surface area contributed by atoms with Gasteiger partial charge in [-0.2, -0.15) is 0 Å². The molecule has 0 aromatic carbocycles. The summed E-state index contributed by atoms with van der Waals surface area (Å²) >= 11 is 1.32. The van der Waals surface area contributed by atoms with Crippen LogP contribution in [0.3, 0.4) is 0 Å². The molecule has 4 nitrogen and oxygen atoms in total. The van der Waals surface area contributed by atoms with Crippen molar-refractivity contribution in [1.29, 1.82) is 0 Å². The molecule has 0 aromatic heterocycles. The molecule has 0 bridgehead atoms. The topological polar surface area (TPSA) is 69.6 Å². The minimum absolute atomic E-state index is 0.0196. The largest absolute Gasteiger partial charge is 0.394 e. The number of carbonyl (C=O) groups is 1. The van der Waals surface area contributed by atoms with Crippen molar-refractivity contribution >= 4 is 17.7 Å². The molecule has 0 heterocycles. The van der Waals surface area contributed by atoms with Crippen LogP contribution in [-0.2, 0) is 4.79 Å². The molecule has 0 aliphatic heterocycles. The van der Waals surface area contributed by atoms with Gasteiger partial charge >= 0.3 is 0 Å². The van der Waals surface area contributed by atoms with Crippen LogP contribution in [0.1, 0.15) is 13.8 Å². The van der Waals surface area contributed by atoms with E-state index in [0.717, 1.165) is 0 Å². The van der Waals surface area contributed by atoms with Crippen LogP contribution in [-0.4, -0.2) is 46.9 Å². The van der Waals surface area contributed by atoms with E-state index in [9.17, 15) is 4.79 Å². The Labute approximate surface area is 89.1 Å². The number of hydrogen-bond donors (Lipinski definition) is 3. The Hall–Kier alpha value is -0.260. The van der Waals surface area contributed by atoms with Crippen LogP contribution in [0.25, 0.3) is 0 Å². The molecule has 1 amide bonds. The predicted octanol–water partition coefficient (Wildman–Crippen LogP) is -0.155. The lowest BCUT2D eigenvalue weighted by molar-refractivity contribution is -0.118. The number of carbonyl (C=O) groups excluding carboxylic acids is 1. The van der Waals surface area contributed by atoms with Crippen molar-refractivity contribution < 1.29 is 15.0 Å². The maximum Gasteiger partial charge on any atom is 0.230 e. The van der Waals surface area contributed by atoms with Crippen molar-refractivity contribution in [2.45, 2.75) is 20.0 Å². The zero-order valence-electron chi connectivity index (χ0n) is 8.69. The van der Waals surface area contributed by atoms with Crippen LogP contribution in [0, 0.1) is 5.92 Å². The van der Waals surface area contributed by atoms with Crippen molar-refractivity contribution in [3.63, 3.8) is 0 Å². The number of rotatable bonds is 7. The van der Waals surface area contributed by atoms with Gasteiger partial charge in [-0.15, -0.1) is 11.8 Å². The number of aliphatic hydroxyl groups is 2. The first-order chi connectivity index (χ1) is 6.56. The predicted molar refractivity (Wildman–Crippen MR) is 58.3 cm³/mol. The number of thioether (sulfide) groups is 1. The molecule has 1 atom stereocenters. The van der Waals surface area contributed by atoms with E-state index in [0.29, 0.717) is 24.0 Å². The first-order valence-corrected chi connectivity index (χ1v) is 5.85. The fraction of sp³-hybridized carbons (Fsp3) is 0.889. The van der Waals surface area contributed by atoms with Gasteiger partial charge in [-0.05, 0) is 5.92 Å². The Bertz CT molecular complexity index is 164. The van der Waals surface area contributed by atoms with Gasteiger partial charge in [0.1, 0.15) is 0 Å². The zero-order valence-corrected chi connectivity index (χ0v) is 9.51. The highest BCUT2D eigenvalue weighted by Gasteiger charge is 2.05. The molecule has 14 heavy (non-hydrogen) atoms. The third-order valence-corrected chi connectivity index (χ3v) is 2.55. The summed E-state index contributed by atoms with van der Waals surface area (Å²) in [7, 11) is 0. The second-order valence-electron chi connectivity index (χ2n) is 3.55. The summed E-state index contributed by atoms with van der Waals surface area (Å²) in [6.45, 7) is 4.49. The number of aliphatic hydroxyl groups excluding tert-OH is 2. The van der Waals surface area contributed by atoms with Crippen LogP contribution in [0.5, 0.6) is 0 Å². The molecule has 0 fully saturated rings. The molecule has 84 valence electrons. The third-order valence-electron chi connectivity index (χ3n) is 1.46. The summed E-state index contributed by atoms with van der Waals surface area (Å²) in [6, 6.07) is 0. The molecule has 0 aliphatic carbocycles. The molecule has 0 saturated heterocycles. The standard InChI is InChI=1S/C9H19NO3S/c1-7(2)3-10-9(13)6-14-5-8(12)4-11/h7-8,11-12H,3-6H2,1-2H3,(H,10,13). The first-order valence-electron chi connectivity index (χ1n) is 4.69. The summed E-state index contributed by atoms with van der Waals surface area (Å²) in [5.41, 5.74) is 0. The summed E-state index contributed by atoms with van der Waals surface area (Å²) < 4.78 is 0. The fourth-order valence-electron chi connectivity index (χ4n) is 0.709. The van der Waals surface area contributed by atoms with Gasteiger partial charge in [0.05, 0.1) is 18.5 Å². The monoisotopic (exact) mass is 221 g/mol. The van der Waals surface area contributed by atoms with Gasteiger partial charge in [0.15, 0.2) is 0 Å². The molecule has 1 unspecified atom stereocenters. The van der Waals surface area contributed by atoms with Crippen LogP contribution < -0.4 is 5.32 Å². The number of nitrogens with one attached hydrogen (secondary N) is 1. The smallest absolute Gasteiger partial charge is 0.230 e. The Morgan fingerprint density at radius 1 is 1.50 bits per heavy atom. The molecular weight excluding hydrogens is 202 g/mol. The third kappa shape index (κ3) is 8.34. The van der Waals surface area contributed by atoms with E-state index in [2.05, 4.69) is 5.32 Å². The van der Waals surface area contributed by atoms with Gasteiger partial charge < -0.3 is 15.5 Å². The summed E-state index contributed by atoms with van der Waals surface area (Å²) in [6.07, 6.45) is -0.724. The summed E-state index contributed by atoms with van der Waals surface area (Å²) in [5, 5.41) is 20.3. The highest BCUT2D eigenvalue weighted by atomic mass is 32.2. The van der Waals surface area contributed by atoms with E-state index < -0.39 is 6.10 Å². The molecule has 5 heteroatoms. The first kappa shape index (κ1) is 13.7. The quantitative estimate of drug-likeness (QED) is 0.559. The van der Waals surface area contributed by atoms with Gasteiger partial charge in [0.2, 0.25) is 5.91 Å². The van der Waals surface area contributed by atoms with Gasteiger partial charge in [-0.25, -0.2) is 0 Å². The van der Waals surface area contributed by atoms with Crippen molar-refractivity contribution in [2.75, 3.05) is 24.7 Å². The zero-order chi connectivity index (χ0) is 11.0. The molecular formula is C9H19NO3S. The fourth-order valence-corrected chi connectivity index (χ4v) is 1.49. The van der Waals surface area contributed by atoms with Crippen LogP contribution in [0.2, 0.25) is 0 Å². The maximum atomic E-state index is 11.1. The minimum atomic E-state index is -0.724. The van der Waals surface area contributed by atoms with Crippen molar-refractivity contribution in [2.24, 2.45) is 5.92 Å². The summed E-state index contributed by atoms with van der Waals surface area (Å²) in [5.74, 6) is 1.16. The lowest BCUT2D eigenvalue weighted by Gasteiger charge is -2.08. The SMILES string of the molecule is CC(C)CNC(=O)CSCC(O)CO. The Morgan fingerprint density at radius 3 is 2.64 bits per heavy atom. The van der Waals surface area contributed by atoms with Crippen LogP contribution in [0.4, 0.5) is 0 Å². The molecule has 0 aliphatic rings. The Kier molecular flexibility index (Phi) is 7.93. The molecule has 0 aromatic rings. The number of amides is 1. The maximum absolute atomic E-state index is 11.1. The highest BCUT2D eigenvalue weighted by molar-refractivity contribution is 7.99. The van der Waals surface area contributed by atoms with Crippen LogP contribution in [0.15, 0.2) is 0 Å². The Balaban J connectivity index is 3.35. The van der Waals surface area contributed by atoms with E-state index in [1.165, 1.54) is 11.8 Å². The second kappa shape index (κ2) is 8.08. The van der Waals surface area contributed by atoms with Crippen molar-refractivity contribution in [1.82, 2.24) is 5.32 Å². The number of hydrogen-bond acceptors (Lipinski definition) is 4. The molecule has 0 saturated carbocycles. The summed E-state index contributed by atoms with van der Waals surface area (Å²) in [4.78, 5) is 11.1. The van der Waals surface area contributed by atoms with Gasteiger partial charge in [-0.3, -0.25) is 4.79 Å². The molecule has 0 radical (unpaired) electrons. The molecule has 0 spiro atoms. The van der Waals surface area contributed by atoms with Crippen LogP contribution >= 0.6 is 11.8 Å². The minimum Gasteiger partial charge on any atom is -0.394 e. The van der Waals surface area contributed by atoms with E-state index >= 15 is 0 Å². The van der Waals surface area contributed by atoms with E-state index in [1.54, 1.807) is 0 Å². The van der Waals surface area contributed by atoms with E-state index in [4.69, 9.17) is 10.2 Å². The second-order valence-corrected chi connectivity index (χ2v) is 4.58.